The van der Waals surface area contributed by atoms with Crippen LogP contribution < -0.4 is 0 Å². The molecule has 152 valence electrons. The number of likely N-dealkylation sites (tertiary alicyclic amines) is 1. The molecule has 1 fully saturated rings. The van der Waals surface area contributed by atoms with Gasteiger partial charge in [0.1, 0.15) is 5.76 Å². The standard InChI is InChI=1S/C20H23N5O3S/c1-27-19(26)24-13-17-21-22-18(16-5-3-11-29-16)25(17)20(14-24)6-8-23(9-7-20)12-15-4-2-10-28-15/h2-5,10-11H,6-9,12-14H2,1H3. The normalized spacial score (nSPS) is 18.7. The Morgan fingerprint density at radius 3 is 2.83 bits per heavy atom. The van der Waals surface area contributed by atoms with E-state index in [0.29, 0.717) is 13.1 Å². The summed E-state index contributed by atoms with van der Waals surface area (Å²) in [6.07, 6.45) is 3.22. The number of furan rings is 1. The molecule has 2 aliphatic rings. The van der Waals surface area contributed by atoms with Gasteiger partial charge in [-0.05, 0) is 36.4 Å². The van der Waals surface area contributed by atoms with Crippen LogP contribution in [-0.4, -0.2) is 57.4 Å². The van der Waals surface area contributed by atoms with E-state index in [4.69, 9.17) is 9.15 Å². The highest BCUT2D eigenvalue weighted by Crippen LogP contribution is 2.40. The van der Waals surface area contributed by atoms with E-state index in [-0.39, 0.29) is 11.6 Å². The lowest BCUT2D eigenvalue weighted by atomic mass is 9.84. The van der Waals surface area contributed by atoms with Crippen molar-refractivity contribution in [2.45, 2.75) is 31.5 Å². The smallest absolute Gasteiger partial charge is 0.409 e. The highest BCUT2D eigenvalue weighted by atomic mass is 32.1. The summed E-state index contributed by atoms with van der Waals surface area (Å²) in [6, 6.07) is 8.04. The van der Waals surface area contributed by atoms with E-state index in [9.17, 15) is 4.79 Å². The first kappa shape index (κ1) is 18.4. The van der Waals surface area contributed by atoms with Gasteiger partial charge in [0.15, 0.2) is 11.6 Å². The number of rotatable bonds is 3. The van der Waals surface area contributed by atoms with E-state index in [1.807, 2.05) is 18.2 Å². The van der Waals surface area contributed by atoms with Crippen molar-refractivity contribution in [1.82, 2.24) is 24.6 Å². The molecule has 1 spiro atoms. The third-order valence-electron chi connectivity index (χ3n) is 5.94. The summed E-state index contributed by atoms with van der Waals surface area (Å²) in [6.45, 7) is 3.66. The fourth-order valence-corrected chi connectivity index (χ4v) is 5.22. The second-order valence-corrected chi connectivity index (χ2v) is 8.61. The average Bonchev–Trinajstić information content (AvgIpc) is 3.50. The zero-order valence-corrected chi connectivity index (χ0v) is 17.1. The zero-order valence-electron chi connectivity index (χ0n) is 16.3. The Labute approximate surface area is 172 Å². The van der Waals surface area contributed by atoms with E-state index in [1.54, 1.807) is 22.5 Å². The molecule has 0 radical (unpaired) electrons. The van der Waals surface area contributed by atoms with Crippen LogP contribution in [0.5, 0.6) is 0 Å². The minimum absolute atomic E-state index is 0.232. The van der Waals surface area contributed by atoms with Crippen molar-refractivity contribution in [3.05, 3.63) is 47.5 Å². The zero-order chi connectivity index (χ0) is 19.8. The lowest BCUT2D eigenvalue weighted by Gasteiger charge is -2.48. The molecule has 0 aromatic carbocycles. The Morgan fingerprint density at radius 1 is 1.28 bits per heavy atom. The van der Waals surface area contributed by atoms with Crippen molar-refractivity contribution in [3.63, 3.8) is 0 Å². The van der Waals surface area contributed by atoms with Gasteiger partial charge in [-0.1, -0.05) is 6.07 Å². The van der Waals surface area contributed by atoms with Crippen molar-refractivity contribution in [1.29, 1.82) is 0 Å². The second-order valence-electron chi connectivity index (χ2n) is 7.66. The molecule has 5 rings (SSSR count). The summed E-state index contributed by atoms with van der Waals surface area (Å²) in [4.78, 5) is 17.6. The molecule has 0 unspecified atom stereocenters. The van der Waals surface area contributed by atoms with Crippen LogP contribution in [0.4, 0.5) is 4.79 Å². The monoisotopic (exact) mass is 413 g/mol. The molecular formula is C20H23N5O3S. The highest BCUT2D eigenvalue weighted by Gasteiger charge is 2.46. The third kappa shape index (κ3) is 3.24. The number of carbonyl (C=O) groups is 1. The number of carbonyl (C=O) groups excluding carboxylic acids is 1. The average molecular weight is 414 g/mol. The Hall–Kier alpha value is -2.65. The summed E-state index contributed by atoms with van der Waals surface area (Å²) in [5.74, 6) is 2.70. The fourth-order valence-electron chi connectivity index (χ4n) is 4.53. The van der Waals surface area contributed by atoms with E-state index >= 15 is 0 Å². The number of piperidine rings is 1. The molecule has 3 aromatic heterocycles. The van der Waals surface area contributed by atoms with Crippen LogP contribution in [0.3, 0.4) is 0 Å². The Balaban J connectivity index is 1.47. The van der Waals surface area contributed by atoms with E-state index in [0.717, 1.165) is 54.8 Å². The maximum atomic E-state index is 12.3. The number of nitrogens with zero attached hydrogens (tertiary/aromatic N) is 5. The largest absolute Gasteiger partial charge is 0.468 e. The SMILES string of the molecule is COC(=O)N1Cc2nnc(-c3cccs3)n2C2(CCN(Cc3ccco3)CC2)C1. The molecule has 1 amide bonds. The van der Waals surface area contributed by atoms with Gasteiger partial charge < -0.3 is 13.7 Å². The van der Waals surface area contributed by atoms with Crippen molar-refractivity contribution >= 4 is 17.4 Å². The molecule has 0 atom stereocenters. The number of thiophene rings is 1. The van der Waals surface area contributed by atoms with Gasteiger partial charge in [0.25, 0.3) is 0 Å². The molecule has 8 nitrogen and oxygen atoms in total. The van der Waals surface area contributed by atoms with Gasteiger partial charge >= 0.3 is 6.09 Å². The summed E-state index contributed by atoms with van der Waals surface area (Å²) in [7, 11) is 1.43. The van der Waals surface area contributed by atoms with Gasteiger partial charge in [0.05, 0.1) is 36.9 Å². The van der Waals surface area contributed by atoms with Crippen LogP contribution in [0, 0.1) is 0 Å². The summed E-state index contributed by atoms with van der Waals surface area (Å²) >= 11 is 1.66. The quantitative estimate of drug-likeness (QED) is 0.656. The maximum Gasteiger partial charge on any atom is 0.409 e. The predicted octanol–water partition coefficient (Wildman–Crippen LogP) is 3.17. The van der Waals surface area contributed by atoms with Crippen molar-refractivity contribution in [2.75, 3.05) is 26.7 Å². The van der Waals surface area contributed by atoms with Crippen LogP contribution in [-0.2, 0) is 23.4 Å². The Morgan fingerprint density at radius 2 is 2.14 bits per heavy atom. The molecule has 29 heavy (non-hydrogen) atoms. The van der Waals surface area contributed by atoms with Gasteiger partial charge in [0.2, 0.25) is 0 Å². The number of methoxy groups -OCH3 is 1. The molecule has 2 aliphatic heterocycles. The summed E-state index contributed by atoms with van der Waals surface area (Å²) in [5.41, 5.74) is -0.232. The lowest BCUT2D eigenvalue weighted by molar-refractivity contribution is 0.0327. The Kier molecular flexibility index (Phi) is 4.63. The summed E-state index contributed by atoms with van der Waals surface area (Å²) in [5, 5.41) is 11.0. The highest BCUT2D eigenvalue weighted by molar-refractivity contribution is 7.13. The molecule has 0 N–H and O–H groups in total. The number of aromatic nitrogens is 3. The van der Waals surface area contributed by atoms with Crippen LogP contribution >= 0.6 is 11.3 Å². The first-order chi connectivity index (χ1) is 14.2. The van der Waals surface area contributed by atoms with Gasteiger partial charge in [-0.2, -0.15) is 0 Å². The minimum atomic E-state index is -0.311. The molecule has 0 aliphatic carbocycles. The Bertz CT molecular complexity index is 974. The van der Waals surface area contributed by atoms with E-state index < -0.39 is 0 Å². The van der Waals surface area contributed by atoms with Gasteiger partial charge in [-0.15, -0.1) is 21.5 Å². The van der Waals surface area contributed by atoms with E-state index in [1.165, 1.54) is 7.11 Å². The third-order valence-corrected chi connectivity index (χ3v) is 6.81. The van der Waals surface area contributed by atoms with Gasteiger partial charge in [-0.25, -0.2) is 4.79 Å². The topological polar surface area (TPSA) is 76.6 Å². The lowest BCUT2D eigenvalue weighted by Crippen LogP contribution is -2.56. The second kappa shape index (κ2) is 7.31. The fraction of sp³-hybridized carbons (Fsp3) is 0.450. The number of amides is 1. The minimum Gasteiger partial charge on any atom is -0.468 e. The van der Waals surface area contributed by atoms with Crippen molar-refractivity contribution < 1.29 is 13.9 Å². The van der Waals surface area contributed by atoms with Crippen LogP contribution in [0.25, 0.3) is 10.7 Å². The number of fused-ring (bicyclic) bond motifs is 2. The van der Waals surface area contributed by atoms with E-state index in [2.05, 4.69) is 31.1 Å². The number of ether oxygens (including phenoxy) is 1. The first-order valence-electron chi connectivity index (χ1n) is 9.75. The molecular weight excluding hydrogens is 390 g/mol. The molecule has 0 bridgehead atoms. The van der Waals surface area contributed by atoms with Gasteiger partial charge in [0, 0.05) is 19.6 Å². The molecule has 3 aromatic rings. The van der Waals surface area contributed by atoms with Crippen LogP contribution in [0.15, 0.2) is 40.3 Å². The van der Waals surface area contributed by atoms with Crippen LogP contribution in [0.2, 0.25) is 0 Å². The number of hydrogen-bond donors (Lipinski definition) is 0. The van der Waals surface area contributed by atoms with Crippen LogP contribution in [0.1, 0.15) is 24.4 Å². The van der Waals surface area contributed by atoms with Crippen molar-refractivity contribution in [2.24, 2.45) is 0 Å². The van der Waals surface area contributed by atoms with Gasteiger partial charge in [-0.3, -0.25) is 9.80 Å². The maximum absolute atomic E-state index is 12.3. The molecule has 1 saturated heterocycles. The number of hydrogen-bond acceptors (Lipinski definition) is 7. The molecule has 0 saturated carbocycles. The first-order valence-corrected chi connectivity index (χ1v) is 10.6. The predicted molar refractivity (Wildman–Crippen MR) is 107 cm³/mol. The molecule has 9 heteroatoms. The van der Waals surface area contributed by atoms with Crippen molar-refractivity contribution in [3.8, 4) is 10.7 Å². The summed E-state index contributed by atoms with van der Waals surface area (Å²) < 4.78 is 12.8. The molecule has 5 heterocycles.